The topological polar surface area (TPSA) is 84.7 Å². The van der Waals surface area contributed by atoms with Crippen LogP contribution in [-0.2, 0) is 6.18 Å². The fourth-order valence-corrected chi connectivity index (χ4v) is 2.94. The van der Waals surface area contributed by atoms with Crippen molar-refractivity contribution in [2.75, 3.05) is 10.6 Å². The number of alkyl halides is 3. The summed E-state index contributed by atoms with van der Waals surface area (Å²) in [7, 11) is 0. The molecule has 0 spiro atoms. The number of carbonyl (C=O) groups excluding carboxylic acids is 1. The summed E-state index contributed by atoms with van der Waals surface area (Å²) in [5.74, 6) is 1.33. The van der Waals surface area contributed by atoms with Crippen LogP contribution in [-0.4, -0.2) is 25.4 Å². The van der Waals surface area contributed by atoms with Crippen LogP contribution < -0.4 is 10.6 Å². The summed E-state index contributed by atoms with van der Waals surface area (Å²) in [6.45, 7) is 1.78. The average molecular weight is 438 g/mol. The summed E-state index contributed by atoms with van der Waals surface area (Å²) < 4.78 is 39.7. The fraction of sp³-hybridized carbons (Fsp3) is 0.0909. The number of hydrogen-bond donors (Lipinski definition) is 2. The standard InChI is InChI=1S/C22H17F3N6O/c1-14-27-19(12-20(28-14)31-11-10-26-13-31)29-17-6-8-18(9-7-17)30-21(32)15-2-4-16(5-3-15)22(23,24)25/h2-13H,1H3,(H,30,32)(H,27,28,29). The zero-order chi connectivity index (χ0) is 22.7. The van der Waals surface area contributed by atoms with Gasteiger partial charge in [0.2, 0.25) is 0 Å². The van der Waals surface area contributed by atoms with Crippen molar-refractivity contribution in [3.63, 3.8) is 0 Å². The molecule has 0 aliphatic carbocycles. The molecule has 0 saturated heterocycles. The Labute approximate surface area is 181 Å². The summed E-state index contributed by atoms with van der Waals surface area (Å²) in [4.78, 5) is 25.1. The zero-order valence-corrected chi connectivity index (χ0v) is 16.8. The number of anilines is 3. The van der Waals surface area contributed by atoms with E-state index in [1.807, 2.05) is 0 Å². The summed E-state index contributed by atoms with van der Waals surface area (Å²) >= 11 is 0. The molecule has 0 saturated carbocycles. The third kappa shape index (κ3) is 4.91. The Morgan fingerprint density at radius 1 is 0.969 bits per heavy atom. The first kappa shape index (κ1) is 21.0. The van der Waals surface area contributed by atoms with Gasteiger partial charge < -0.3 is 10.6 Å². The van der Waals surface area contributed by atoms with Gasteiger partial charge in [0.15, 0.2) is 0 Å². The third-order valence-corrected chi connectivity index (χ3v) is 4.48. The molecule has 2 heterocycles. The molecule has 2 aromatic heterocycles. The Hall–Kier alpha value is -4.21. The molecule has 4 aromatic rings. The van der Waals surface area contributed by atoms with Gasteiger partial charge in [-0.05, 0) is 55.5 Å². The summed E-state index contributed by atoms with van der Waals surface area (Å²) in [5, 5.41) is 5.84. The van der Waals surface area contributed by atoms with Gasteiger partial charge in [-0.3, -0.25) is 9.36 Å². The molecule has 10 heteroatoms. The molecule has 4 rings (SSSR count). The van der Waals surface area contributed by atoms with Gasteiger partial charge in [0.1, 0.15) is 23.8 Å². The van der Waals surface area contributed by atoms with Crippen LogP contribution in [0.5, 0.6) is 0 Å². The second-order valence-corrected chi connectivity index (χ2v) is 6.86. The van der Waals surface area contributed by atoms with Crippen LogP contribution in [0.2, 0.25) is 0 Å². The van der Waals surface area contributed by atoms with Crippen LogP contribution in [0.4, 0.5) is 30.4 Å². The fourth-order valence-electron chi connectivity index (χ4n) is 2.94. The smallest absolute Gasteiger partial charge is 0.340 e. The van der Waals surface area contributed by atoms with Gasteiger partial charge in [0, 0.05) is 35.4 Å². The normalized spacial score (nSPS) is 11.2. The maximum absolute atomic E-state index is 12.7. The van der Waals surface area contributed by atoms with Gasteiger partial charge in [0.25, 0.3) is 5.91 Å². The van der Waals surface area contributed by atoms with Crippen LogP contribution >= 0.6 is 0 Å². The number of nitrogens with zero attached hydrogens (tertiary/aromatic N) is 4. The molecule has 0 bridgehead atoms. The van der Waals surface area contributed by atoms with Crippen molar-refractivity contribution >= 4 is 23.1 Å². The van der Waals surface area contributed by atoms with E-state index in [0.29, 0.717) is 23.1 Å². The maximum atomic E-state index is 12.7. The quantitative estimate of drug-likeness (QED) is 0.459. The van der Waals surface area contributed by atoms with E-state index in [-0.39, 0.29) is 5.56 Å². The molecular weight excluding hydrogens is 421 g/mol. The van der Waals surface area contributed by atoms with E-state index in [4.69, 9.17) is 0 Å². The number of amides is 1. The highest BCUT2D eigenvalue weighted by molar-refractivity contribution is 6.04. The van der Waals surface area contributed by atoms with Gasteiger partial charge in [-0.1, -0.05) is 0 Å². The van der Waals surface area contributed by atoms with E-state index >= 15 is 0 Å². The first-order chi connectivity index (χ1) is 15.3. The molecule has 0 fully saturated rings. The molecule has 0 aliphatic rings. The van der Waals surface area contributed by atoms with Crippen LogP contribution in [0, 0.1) is 6.92 Å². The number of aromatic nitrogens is 4. The Kier molecular flexibility index (Phi) is 5.59. The molecule has 2 aromatic carbocycles. The number of hydrogen-bond acceptors (Lipinski definition) is 5. The lowest BCUT2D eigenvalue weighted by atomic mass is 10.1. The number of carbonyl (C=O) groups is 1. The van der Waals surface area contributed by atoms with Crippen molar-refractivity contribution in [2.45, 2.75) is 13.1 Å². The van der Waals surface area contributed by atoms with Crippen LogP contribution in [0.3, 0.4) is 0 Å². The predicted octanol–water partition coefficient (Wildman–Crippen LogP) is 4.99. The van der Waals surface area contributed by atoms with Crippen LogP contribution in [0.1, 0.15) is 21.7 Å². The summed E-state index contributed by atoms with van der Waals surface area (Å²) in [6, 6.07) is 12.7. The van der Waals surface area contributed by atoms with Gasteiger partial charge in [-0.2, -0.15) is 13.2 Å². The lowest BCUT2D eigenvalue weighted by molar-refractivity contribution is -0.137. The maximum Gasteiger partial charge on any atom is 0.416 e. The number of nitrogens with one attached hydrogen (secondary N) is 2. The molecule has 2 N–H and O–H groups in total. The Balaban J connectivity index is 1.43. The number of aryl methyl sites for hydroxylation is 1. The Morgan fingerprint density at radius 2 is 1.66 bits per heavy atom. The van der Waals surface area contributed by atoms with Crippen molar-refractivity contribution in [2.24, 2.45) is 0 Å². The van der Waals surface area contributed by atoms with E-state index in [2.05, 4.69) is 25.6 Å². The van der Waals surface area contributed by atoms with Gasteiger partial charge in [-0.15, -0.1) is 0 Å². The minimum atomic E-state index is -4.44. The number of benzene rings is 2. The first-order valence-electron chi connectivity index (χ1n) is 9.48. The lowest BCUT2D eigenvalue weighted by Gasteiger charge is -2.11. The largest absolute Gasteiger partial charge is 0.416 e. The second kappa shape index (κ2) is 8.50. The molecule has 0 radical (unpaired) electrons. The van der Waals surface area contributed by atoms with Crippen molar-refractivity contribution in [1.82, 2.24) is 19.5 Å². The SMILES string of the molecule is Cc1nc(Nc2ccc(NC(=O)c3ccc(C(F)(F)F)cc3)cc2)cc(-n2ccnc2)n1. The molecule has 0 atom stereocenters. The molecule has 7 nitrogen and oxygen atoms in total. The minimum absolute atomic E-state index is 0.128. The molecule has 32 heavy (non-hydrogen) atoms. The zero-order valence-electron chi connectivity index (χ0n) is 16.8. The van der Waals surface area contributed by atoms with Crippen LogP contribution in [0.15, 0.2) is 73.3 Å². The third-order valence-electron chi connectivity index (χ3n) is 4.48. The van der Waals surface area contributed by atoms with Crippen LogP contribution in [0.25, 0.3) is 5.82 Å². The number of imidazole rings is 1. The molecule has 0 unspecified atom stereocenters. The number of rotatable bonds is 5. The van der Waals surface area contributed by atoms with Crippen molar-refractivity contribution in [3.8, 4) is 5.82 Å². The van der Waals surface area contributed by atoms with Crippen molar-refractivity contribution < 1.29 is 18.0 Å². The summed E-state index contributed by atoms with van der Waals surface area (Å²) in [5.41, 5.74) is 0.551. The van der Waals surface area contributed by atoms with E-state index in [0.717, 1.165) is 30.0 Å². The highest BCUT2D eigenvalue weighted by atomic mass is 19.4. The van der Waals surface area contributed by atoms with E-state index < -0.39 is 17.6 Å². The van der Waals surface area contributed by atoms with Gasteiger partial charge in [0.05, 0.1) is 5.56 Å². The average Bonchev–Trinajstić information content (AvgIpc) is 3.29. The summed E-state index contributed by atoms with van der Waals surface area (Å²) in [6.07, 6.45) is 0.626. The van der Waals surface area contributed by atoms with Gasteiger partial charge >= 0.3 is 6.18 Å². The monoisotopic (exact) mass is 438 g/mol. The highest BCUT2D eigenvalue weighted by Gasteiger charge is 2.30. The van der Waals surface area contributed by atoms with Crippen molar-refractivity contribution in [1.29, 1.82) is 0 Å². The van der Waals surface area contributed by atoms with E-state index in [1.165, 1.54) is 0 Å². The number of halogens is 3. The van der Waals surface area contributed by atoms with E-state index in [9.17, 15) is 18.0 Å². The van der Waals surface area contributed by atoms with E-state index in [1.54, 1.807) is 60.5 Å². The predicted molar refractivity (Wildman–Crippen MR) is 113 cm³/mol. The Bertz CT molecular complexity index is 1220. The van der Waals surface area contributed by atoms with Gasteiger partial charge in [-0.25, -0.2) is 15.0 Å². The second-order valence-electron chi connectivity index (χ2n) is 6.86. The molecule has 162 valence electrons. The molecule has 1 amide bonds. The molecule has 0 aliphatic heterocycles. The molecular formula is C22H17F3N6O. The minimum Gasteiger partial charge on any atom is -0.340 e. The highest BCUT2D eigenvalue weighted by Crippen LogP contribution is 2.29. The lowest BCUT2D eigenvalue weighted by Crippen LogP contribution is -2.12. The Morgan fingerprint density at radius 3 is 2.28 bits per heavy atom. The first-order valence-corrected chi connectivity index (χ1v) is 9.48. The van der Waals surface area contributed by atoms with Crippen molar-refractivity contribution in [3.05, 3.63) is 90.3 Å².